The summed E-state index contributed by atoms with van der Waals surface area (Å²) in [7, 11) is 0. The molecule has 0 aliphatic carbocycles. The van der Waals surface area contributed by atoms with E-state index in [0.29, 0.717) is 0 Å². The number of hydrogen-bond acceptors (Lipinski definition) is 2. The van der Waals surface area contributed by atoms with Crippen molar-refractivity contribution in [2.24, 2.45) is 5.73 Å². The monoisotopic (exact) mass is 220 g/mol. The molecule has 0 aromatic heterocycles. The lowest BCUT2D eigenvalue weighted by Crippen LogP contribution is -2.40. The Morgan fingerprint density at radius 3 is 2.50 bits per heavy atom. The maximum Gasteiger partial charge on any atom is 0.237 e. The zero-order chi connectivity index (χ0) is 12.0. The summed E-state index contributed by atoms with van der Waals surface area (Å²) in [5, 5.41) is 2.97. The molecule has 0 radical (unpaired) electrons. The van der Waals surface area contributed by atoms with E-state index in [2.05, 4.69) is 12.2 Å². The van der Waals surface area contributed by atoms with Gasteiger partial charge >= 0.3 is 0 Å². The number of amides is 1. The second-order valence-corrected chi connectivity index (χ2v) is 4.05. The first-order valence-electron chi connectivity index (χ1n) is 5.76. The van der Waals surface area contributed by atoms with Crippen molar-refractivity contribution in [3.05, 3.63) is 35.9 Å². The highest BCUT2D eigenvalue weighted by Gasteiger charge is 2.15. The van der Waals surface area contributed by atoms with E-state index < -0.39 is 6.04 Å². The average molecular weight is 220 g/mol. The molecule has 1 aromatic rings. The second kappa shape index (κ2) is 6.28. The molecule has 0 saturated heterocycles. The number of carbonyl (C=O) groups excluding carboxylic acids is 1. The van der Waals surface area contributed by atoms with Crippen molar-refractivity contribution >= 4 is 5.91 Å². The maximum absolute atomic E-state index is 11.6. The highest BCUT2D eigenvalue weighted by Crippen LogP contribution is 2.17. The van der Waals surface area contributed by atoms with Gasteiger partial charge in [0.05, 0.1) is 12.1 Å². The molecule has 3 heteroatoms. The van der Waals surface area contributed by atoms with Gasteiger partial charge in [-0.2, -0.15) is 0 Å². The van der Waals surface area contributed by atoms with Gasteiger partial charge < -0.3 is 11.1 Å². The van der Waals surface area contributed by atoms with Crippen LogP contribution in [0.5, 0.6) is 0 Å². The minimum atomic E-state index is -0.455. The van der Waals surface area contributed by atoms with Crippen LogP contribution in [0.1, 0.15) is 38.3 Å². The van der Waals surface area contributed by atoms with Gasteiger partial charge in [0.25, 0.3) is 0 Å². The molecule has 16 heavy (non-hydrogen) atoms. The lowest BCUT2D eigenvalue weighted by atomic mass is 10.0. The summed E-state index contributed by atoms with van der Waals surface area (Å²) in [5.74, 6) is -0.0951. The third-order valence-electron chi connectivity index (χ3n) is 2.51. The molecule has 0 spiro atoms. The summed E-state index contributed by atoms with van der Waals surface area (Å²) in [6.07, 6.45) is 1.96. The summed E-state index contributed by atoms with van der Waals surface area (Å²) in [4.78, 5) is 11.6. The Morgan fingerprint density at radius 2 is 2.00 bits per heavy atom. The molecule has 2 atom stereocenters. The predicted octanol–water partition coefficient (Wildman–Crippen LogP) is 1.99. The first-order valence-corrected chi connectivity index (χ1v) is 5.76. The lowest BCUT2D eigenvalue weighted by molar-refractivity contribution is -0.122. The van der Waals surface area contributed by atoms with E-state index in [9.17, 15) is 4.79 Å². The SMILES string of the molecule is CCCC(NC(=O)[C@H](C)N)c1ccccc1. The zero-order valence-corrected chi connectivity index (χ0v) is 9.94. The van der Waals surface area contributed by atoms with E-state index in [-0.39, 0.29) is 11.9 Å². The van der Waals surface area contributed by atoms with Crippen LogP contribution in [0.15, 0.2) is 30.3 Å². The number of nitrogens with one attached hydrogen (secondary N) is 1. The van der Waals surface area contributed by atoms with Gasteiger partial charge in [0.2, 0.25) is 5.91 Å². The summed E-state index contributed by atoms with van der Waals surface area (Å²) in [5.41, 5.74) is 6.68. The molecule has 1 amide bonds. The minimum Gasteiger partial charge on any atom is -0.348 e. The normalized spacial score (nSPS) is 14.2. The molecule has 0 saturated carbocycles. The maximum atomic E-state index is 11.6. The van der Waals surface area contributed by atoms with E-state index in [0.717, 1.165) is 18.4 Å². The van der Waals surface area contributed by atoms with E-state index >= 15 is 0 Å². The Balaban J connectivity index is 2.72. The van der Waals surface area contributed by atoms with Crippen LogP contribution in [-0.2, 0) is 4.79 Å². The van der Waals surface area contributed by atoms with Crippen LogP contribution in [-0.4, -0.2) is 11.9 Å². The number of hydrogen-bond donors (Lipinski definition) is 2. The fraction of sp³-hybridized carbons (Fsp3) is 0.462. The van der Waals surface area contributed by atoms with Crippen LogP contribution in [0.2, 0.25) is 0 Å². The van der Waals surface area contributed by atoms with Crippen LogP contribution >= 0.6 is 0 Å². The summed E-state index contributed by atoms with van der Waals surface area (Å²) < 4.78 is 0. The van der Waals surface area contributed by atoms with Crippen molar-refractivity contribution in [2.75, 3.05) is 0 Å². The van der Waals surface area contributed by atoms with Crippen molar-refractivity contribution in [1.82, 2.24) is 5.32 Å². The molecule has 88 valence electrons. The molecule has 0 bridgehead atoms. The number of nitrogens with two attached hydrogens (primary N) is 1. The highest BCUT2D eigenvalue weighted by molar-refractivity contribution is 5.81. The molecule has 3 N–H and O–H groups in total. The lowest BCUT2D eigenvalue weighted by Gasteiger charge is -2.19. The van der Waals surface area contributed by atoms with Crippen LogP contribution in [0.3, 0.4) is 0 Å². The van der Waals surface area contributed by atoms with Gasteiger partial charge in [-0.1, -0.05) is 43.7 Å². The molecular weight excluding hydrogens is 200 g/mol. The molecule has 1 unspecified atom stereocenters. The quantitative estimate of drug-likeness (QED) is 0.797. The Bertz CT molecular complexity index is 322. The molecule has 0 aliphatic rings. The number of rotatable bonds is 5. The van der Waals surface area contributed by atoms with Crippen molar-refractivity contribution in [1.29, 1.82) is 0 Å². The standard InChI is InChI=1S/C13H20N2O/c1-3-7-12(15-13(16)10(2)14)11-8-5-4-6-9-11/h4-6,8-10,12H,3,7,14H2,1-2H3,(H,15,16)/t10-,12?/m0/s1. The van der Waals surface area contributed by atoms with Gasteiger partial charge in [0.1, 0.15) is 0 Å². The molecular formula is C13H20N2O. The predicted molar refractivity (Wildman–Crippen MR) is 65.9 cm³/mol. The van der Waals surface area contributed by atoms with E-state index in [1.165, 1.54) is 0 Å². The molecule has 0 aliphatic heterocycles. The summed E-state index contributed by atoms with van der Waals surface area (Å²) in [6, 6.07) is 9.61. The Kier molecular flexibility index (Phi) is 4.99. The first kappa shape index (κ1) is 12.7. The molecule has 1 aromatic carbocycles. The van der Waals surface area contributed by atoms with Crippen molar-refractivity contribution in [3.8, 4) is 0 Å². The van der Waals surface area contributed by atoms with Crippen LogP contribution in [0, 0.1) is 0 Å². The minimum absolute atomic E-state index is 0.0738. The van der Waals surface area contributed by atoms with E-state index in [4.69, 9.17) is 5.73 Å². The van der Waals surface area contributed by atoms with Crippen molar-refractivity contribution < 1.29 is 4.79 Å². The van der Waals surface area contributed by atoms with Crippen LogP contribution in [0.4, 0.5) is 0 Å². The topological polar surface area (TPSA) is 55.1 Å². The van der Waals surface area contributed by atoms with Crippen molar-refractivity contribution in [2.45, 2.75) is 38.8 Å². The zero-order valence-electron chi connectivity index (χ0n) is 9.94. The van der Waals surface area contributed by atoms with Gasteiger partial charge in [-0.15, -0.1) is 0 Å². The van der Waals surface area contributed by atoms with Gasteiger partial charge in [-0.05, 0) is 18.9 Å². The number of benzene rings is 1. The highest BCUT2D eigenvalue weighted by atomic mass is 16.2. The molecule has 3 nitrogen and oxygen atoms in total. The molecule has 1 rings (SSSR count). The summed E-state index contributed by atoms with van der Waals surface area (Å²) in [6.45, 7) is 3.80. The van der Waals surface area contributed by atoms with Crippen LogP contribution in [0.25, 0.3) is 0 Å². The smallest absolute Gasteiger partial charge is 0.237 e. The largest absolute Gasteiger partial charge is 0.348 e. The second-order valence-electron chi connectivity index (χ2n) is 4.05. The molecule has 0 fully saturated rings. The number of carbonyl (C=O) groups is 1. The van der Waals surface area contributed by atoms with Gasteiger partial charge in [0, 0.05) is 0 Å². The van der Waals surface area contributed by atoms with Gasteiger partial charge in [-0.25, -0.2) is 0 Å². The molecule has 0 heterocycles. The third kappa shape index (κ3) is 3.66. The fourth-order valence-electron chi connectivity index (χ4n) is 1.60. The van der Waals surface area contributed by atoms with Crippen molar-refractivity contribution in [3.63, 3.8) is 0 Å². The Hall–Kier alpha value is -1.35. The third-order valence-corrected chi connectivity index (χ3v) is 2.51. The Labute approximate surface area is 97.0 Å². The fourth-order valence-corrected chi connectivity index (χ4v) is 1.60. The average Bonchev–Trinajstić information content (AvgIpc) is 2.29. The Morgan fingerprint density at radius 1 is 1.38 bits per heavy atom. The van der Waals surface area contributed by atoms with Crippen LogP contribution < -0.4 is 11.1 Å². The van der Waals surface area contributed by atoms with Gasteiger partial charge in [0.15, 0.2) is 0 Å². The van der Waals surface area contributed by atoms with Gasteiger partial charge in [-0.3, -0.25) is 4.79 Å². The van der Waals surface area contributed by atoms with E-state index in [1.54, 1.807) is 6.92 Å². The summed E-state index contributed by atoms with van der Waals surface area (Å²) >= 11 is 0. The first-order chi connectivity index (χ1) is 7.65. The van der Waals surface area contributed by atoms with E-state index in [1.807, 2.05) is 30.3 Å².